The highest BCUT2D eigenvalue weighted by Gasteiger charge is 2.11. The number of aromatic nitrogens is 4. The summed E-state index contributed by atoms with van der Waals surface area (Å²) >= 11 is 0. The van der Waals surface area contributed by atoms with Gasteiger partial charge in [0.2, 0.25) is 17.7 Å². The second kappa shape index (κ2) is 8.04. The Labute approximate surface area is 154 Å². The third-order valence-electron chi connectivity index (χ3n) is 3.52. The van der Waals surface area contributed by atoms with Crippen LogP contribution in [-0.2, 0) is 14.4 Å². The fraction of sp³-hybridized carbons (Fsp3) is 0.176. The average Bonchev–Trinajstić information content (AvgIpc) is 3.08. The van der Waals surface area contributed by atoms with Crippen LogP contribution in [0.5, 0.6) is 0 Å². The summed E-state index contributed by atoms with van der Waals surface area (Å²) < 4.78 is 1.72. The molecule has 3 rings (SSSR count). The standard InChI is InChI=1S/C17H17N7O3/c1-11(25)19-8-15(26)20-9-16(27)21-12-5-6-14-22-23-17(24(14)10-12)13-4-2-3-7-18-13/h2-7,10H,8-9H2,1H3,(H,19,25)(H,20,26)(H,21,27). The fourth-order valence-electron chi connectivity index (χ4n) is 2.29. The SMILES string of the molecule is CC(=O)NCC(=O)NCC(=O)Nc1ccc2nnc(-c3ccccn3)n2c1. The topological polar surface area (TPSA) is 130 Å². The van der Waals surface area contributed by atoms with Gasteiger partial charge in [0.1, 0.15) is 5.69 Å². The molecule has 3 aromatic heterocycles. The number of hydrogen-bond donors (Lipinski definition) is 3. The molecule has 0 unspecified atom stereocenters. The summed E-state index contributed by atoms with van der Waals surface area (Å²) in [5.41, 5.74) is 1.77. The maximum atomic E-state index is 12.0. The molecule has 138 valence electrons. The number of pyridine rings is 2. The van der Waals surface area contributed by atoms with Crippen LogP contribution in [0, 0.1) is 0 Å². The van der Waals surface area contributed by atoms with Gasteiger partial charge >= 0.3 is 0 Å². The molecule has 0 saturated carbocycles. The van der Waals surface area contributed by atoms with Crippen molar-refractivity contribution in [1.29, 1.82) is 0 Å². The van der Waals surface area contributed by atoms with Crippen LogP contribution >= 0.6 is 0 Å². The summed E-state index contributed by atoms with van der Waals surface area (Å²) in [6.07, 6.45) is 3.34. The Balaban J connectivity index is 1.66. The van der Waals surface area contributed by atoms with Crippen molar-refractivity contribution in [1.82, 2.24) is 30.2 Å². The van der Waals surface area contributed by atoms with Gasteiger partial charge in [0.15, 0.2) is 11.5 Å². The van der Waals surface area contributed by atoms with Crippen molar-refractivity contribution in [3.8, 4) is 11.5 Å². The molecular weight excluding hydrogens is 350 g/mol. The zero-order chi connectivity index (χ0) is 19.2. The van der Waals surface area contributed by atoms with Gasteiger partial charge in [0.05, 0.1) is 18.8 Å². The number of carbonyl (C=O) groups excluding carboxylic acids is 3. The van der Waals surface area contributed by atoms with E-state index >= 15 is 0 Å². The highest BCUT2D eigenvalue weighted by molar-refractivity contribution is 5.95. The van der Waals surface area contributed by atoms with E-state index in [4.69, 9.17) is 0 Å². The first-order valence-electron chi connectivity index (χ1n) is 8.10. The quantitative estimate of drug-likeness (QED) is 0.561. The molecule has 10 heteroatoms. The molecule has 0 saturated heterocycles. The number of amides is 3. The number of anilines is 1. The Kier molecular flexibility index (Phi) is 5.36. The van der Waals surface area contributed by atoms with E-state index in [-0.39, 0.29) is 19.0 Å². The van der Waals surface area contributed by atoms with E-state index < -0.39 is 11.8 Å². The van der Waals surface area contributed by atoms with E-state index in [0.29, 0.717) is 22.9 Å². The zero-order valence-electron chi connectivity index (χ0n) is 14.5. The average molecular weight is 367 g/mol. The summed E-state index contributed by atoms with van der Waals surface area (Å²) in [5, 5.41) is 15.7. The lowest BCUT2D eigenvalue weighted by Crippen LogP contribution is -2.39. The van der Waals surface area contributed by atoms with Gasteiger partial charge in [-0.3, -0.25) is 23.8 Å². The van der Waals surface area contributed by atoms with Crippen LogP contribution in [0.25, 0.3) is 17.2 Å². The lowest BCUT2D eigenvalue weighted by molar-refractivity contribution is -0.126. The number of carbonyl (C=O) groups is 3. The van der Waals surface area contributed by atoms with Crippen LogP contribution in [-0.4, -0.2) is 50.4 Å². The molecular formula is C17H17N7O3. The van der Waals surface area contributed by atoms with Gasteiger partial charge in [-0.05, 0) is 24.3 Å². The highest BCUT2D eigenvalue weighted by Crippen LogP contribution is 2.18. The van der Waals surface area contributed by atoms with Crippen LogP contribution in [0.2, 0.25) is 0 Å². The minimum Gasteiger partial charge on any atom is -0.347 e. The summed E-state index contributed by atoms with van der Waals surface area (Å²) in [6.45, 7) is 0.911. The Bertz CT molecular complexity index is 985. The van der Waals surface area contributed by atoms with E-state index in [1.54, 1.807) is 35.0 Å². The van der Waals surface area contributed by atoms with Crippen LogP contribution in [0.1, 0.15) is 6.92 Å². The number of rotatable bonds is 6. The van der Waals surface area contributed by atoms with Crippen molar-refractivity contribution in [3.05, 3.63) is 42.7 Å². The van der Waals surface area contributed by atoms with E-state index in [9.17, 15) is 14.4 Å². The third kappa shape index (κ3) is 4.63. The Hall–Kier alpha value is -3.82. The normalized spacial score (nSPS) is 10.4. The summed E-state index contributed by atoms with van der Waals surface area (Å²) in [4.78, 5) is 38.5. The first kappa shape index (κ1) is 18.0. The van der Waals surface area contributed by atoms with E-state index in [1.165, 1.54) is 6.92 Å². The molecule has 0 aliphatic heterocycles. The Morgan fingerprint density at radius 2 is 1.81 bits per heavy atom. The number of fused-ring (bicyclic) bond motifs is 1. The molecule has 3 aromatic rings. The van der Waals surface area contributed by atoms with Gasteiger partial charge in [-0.25, -0.2) is 0 Å². The van der Waals surface area contributed by atoms with Crippen molar-refractivity contribution >= 4 is 29.1 Å². The van der Waals surface area contributed by atoms with E-state index in [0.717, 1.165) is 0 Å². The van der Waals surface area contributed by atoms with Gasteiger partial charge in [-0.2, -0.15) is 0 Å². The van der Waals surface area contributed by atoms with Gasteiger partial charge < -0.3 is 16.0 Å². The minimum atomic E-state index is -0.452. The monoisotopic (exact) mass is 367 g/mol. The van der Waals surface area contributed by atoms with Crippen LogP contribution in [0.4, 0.5) is 5.69 Å². The van der Waals surface area contributed by atoms with Crippen molar-refractivity contribution in [2.75, 3.05) is 18.4 Å². The van der Waals surface area contributed by atoms with E-state index in [1.807, 2.05) is 12.1 Å². The first-order valence-corrected chi connectivity index (χ1v) is 8.10. The molecule has 0 bridgehead atoms. The molecule has 27 heavy (non-hydrogen) atoms. The molecule has 3 amide bonds. The minimum absolute atomic E-state index is 0.178. The smallest absolute Gasteiger partial charge is 0.243 e. The summed E-state index contributed by atoms with van der Waals surface area (Å²) in [5.74, 6) is -0.629. The fourth-order valence-corrected chi connectivity index (χ4v) is 2.29. The van der Waals surface area contributed by atoms with Crippen molar-refractivity contribution in [2.45, 2.75) is 6.92 Å². The number of hydrogen-bond acceptors (Lipinski definition) is 6. The van der Waals surface area contributed by atoms with E-state index in [2.05, 4.69) is 31.1 Å². The van der Waals surface area contributed by atoms with Gasteiger partial charge in [-0.1, -0.05) is 6.07 Å². The molecule has 0 fully saturated rings. The molecule has 0 atom stereocenters. The third-order valence-corrected chi connectivity index (χ3v) is 3.52. The first-order chi connectivity index (χ1) is 13.0. The van der Waals surface area contributed by atoms with Gasteiger partial charge in [0.25, 0.3) is 0 Å². The molecule has 0 aliphatic carbocycles. The molecule has 0 spiro atoms. The van der Waals surface area contributed by atoms with Crippen molar-refractivity contribution in [2.24, 2.45) is 0 Å². The summed E-state index contributed by atoms with van der Waals surface area (Å²) in [7, 11) is 0. The number of nitrogens with zero attached hydrogens (tertiary/aromatic N) is 4. The maximum Gasteiger partial charge on any atom is 0.243 e. The summed E-state index contributed by atoms with van der Waals surface area (Å²) in [6, 6.07) is 8.86. The van der Waals surface area contributed by atoms with Crippen molar-refractivity contribution < 1.29 is 14.4 Å². The zero-order valence-corrected chi connectivity index (χ0v) is 14.5. The molecule has 3 N–H and O–H groups in total. The number of nitrogens with one attached hydrogen (secondary N) is 3. The van der Waals surface area contributed by atoms with Crippen LogP contribution in [0.3, 0.4) is 0 Å². The lowest BCUT2D eigenvalue weighted by Gasteiger charge is -2.08. The molecule has 0 radical (unpaired) electrons. The molecule has 0 aromatic carbocycles. The molecule has 3 heterocycles. The highest BCUT2D eigenvalue weighted by atomic mass is 16.2. The Morgan fingerprint density at radius 1 is 1.00 bits per heavy atom. The molecule has 10 nitrogen and oxygen atoms in total. The van der Waals surface area contributed by atoms with Crippen LogP contribution < -0.4 is 16.0 Å². The van der Waals surface area contributed by atoms with Gasteiger partial charge in [0, 0.05) is 19.3 Å². The maximum absolute atomic E-state index is 12.0. The van der Waals surface area contributed by atoms with Gasteiger partial charge in [-0.15, -0.1) is 10.2 Å². The second-order valence-electron chi connectivity index (χ2n) is 5.62. The molecule has 0 aliphatic rings. The lowest BCUT2D eigenvalue weighted by atomic mass is 10.3. The predicted molar refractivity (Wildman–Crippen MR) is 96.5 cm³/mol. The Morgan fingerprint density at radius 3 is 2.56 bits per heavy atom. The second-order valence-corrected chi connectivity index (χ2v) is 5.62. The van der Waals surface area contributed by atoms with Crippen molar-refractivity contribution in [3.63, 3.8) is 0 Å². The largest absolute Gasteiger partial charge is 0.347 e. The van der Waals surface area contributed by atoms with Crippen LogP contribution in [0.15, 0.2) is 42.7 Å². The predicted octanol–water partition coefficient (Wildman–Crippen LogP) is -0.0179.